The summed E-state index contributed by atoms with van der Waals surface area (Å²) in [7, 11) is -3.32. The van der Waals surface area contributed by atoms with Crippen molar-refractivity contribution >= 4 is 32.9 Å². The lowest BCUT2D eigenvalue weighted by Gasteiger charge is -2.49. The Balaban J connectivity index is 2.31. The number of rotatable bonds is 2. The number of fused-ring (bicyclic) bond motifs is 2. The first-order valence-electron chi connectivity index (χ1n) is 9.15. The maximum Gasteiger partial charge on any atom is 0.162 e. The SMILES string of the molecule is CC(C)(C)[Si](C)(C)N1c2ccccc2Oc2c1cccc2[Si](C)(C)C. The minimum Gasteiger partial charge on any atom is -0.453 e. The van der Waals surface area contributed by atoms with Gasteiger partial charge in [0.25, 0.3) is 0 Å². The molecule has 0 unspecified atom stereocenters. The molecule has 0 atom stereocenters. The van der Waals surface area contributed by atoms with Crippen LogP contribution < -0.4 is 14.5 Å². The number of anilines is 2. The van der Waals surface area contributed by atoms with Crippen LogP contribution in [-0.2, 0) is 0 Å². The molecule has 1 heterocycles. The summed E-state index contributed by atoms with van der Waals surface area (Å²) in [6.45, 7) is 19.2. The molecule has 0 radical (unpaired) electrons. The molecule has 2 nitrogen and oxygen atoms in total. The van der Waals surface area contributed by atoms with Gasteiger partial charge in [0.05, 0.1) is 19.4 Å². The van der Waals surface area contributed by atoms with Gasteiger partial charge in [-0.2, -0.15) is 0 Å². The van der Waals surface area contributed by atoms with E-state index in [9.17, 15) is 0 Å². The first-order chi connectivity index (χ1) is 11.4. The zero-order valence-corrected chi connectivity index (χ0v) is 18.9. The second-order valence-corrected chi connectivity index (χ2v) is 19.7. The molecule has 0 bridgehead atoms. The Labute approximate surface area is 154 Å². The van der Waals surface area contributed by atoms with Gasteiger partial charge in [-0.15, -0.1) is 0 Å². The number of benzene rings is 2. The molecule has 0 saturated carbocycles. The monoisotopic (exact) mass is 369 g/mol. The third-order valence-electron chi connectivity index (χ3n) is 5.76. The summed E-state index contributed by atoms with van der Waals surface area (Å²) in [5, 5.41) is 1.65. The van der Waals surface area contributed by atoms with Gasteiger partial charge in [-0.3, -0.25) is 0 Å². The molecule has 1 aliphatic heterocycles. The van der Waals surface area contributed by atoms with E-state index in [0.29, 0.717) is 0 Å². The van der Waals surface area contributed by atoms with E-state index in [1.54, 1.807) is 0 Å². The summed E-state index contributed by atoms with van der Waals surface area (Å²) < 4.78 is 9.12. The molecular weight excluding hydrogens is 338 g/mol. The maximum atomic E-state index is 6.49. The van der Waals surface area contributed by atoms with Crippen LogP contribution in [0.5, 0.6) is 11.5 Å². The number of para-hydroxylation sites is 3. The topological polar surface area (TPSA) is 12.5 Å². The molecule has 2 aromatic rings. The Morgan fingerprint density at radius 3 is 2.00 bits per heavy atom. The van der Waals surface area contributed by atoms with Gasteiger partial charge < -0.3 is 9.30 Å². The standard InChI is InChI=1S/C21H31NOSi2/c1-21(2,3)25(7,8)22-16-12-9-10-14-18(16)23-20-17(22)13-11-15-19(20)24(4,5)6/h9-15H,1-8H3. The molecule has 0 spiro atoms. The Bertz CT molecular complexity index is 800. The predicted molar refractivity (Wildman–Crippen MR) is 115 cm³/mol. The van der Waals surface area contributed by atoms with Gasteiger partial charge in [-0.1, -0.05) is 77.8 Å². The summed E-state index contributed by atoms with van der Waals surface area (Å²) in [6, 6.07) is 15.2. The molecule has 0 N–H and O–H groups in total. The number of ether oxygens (including phenoxy) is 1. The van der Waals surface area contributed by atoms with E-state index in [1.165, 1.54) is 16.6 Å². The van der Waals surface area contributed by atoms with Crippen LogP contribution in [0.1, 0.15) is 20.8 Å². The van der Waals surface area contributed by atoms with E-state index < -0.39 is 16.3 Å². The van der Waals surface area contributed by atoms with Crippen LogP contribution in [0.2, 0.25) is 37.8 Å². The van der Waals surface area contributed by atoms with Crippen LogP contribution in [0, 0.1) is 0 Å². The summed E-state index contributed by atoms with van der Waals surface area (Å²) in [6.07, 6.45) is 0. The molecule has 25 heavy (non-hydrogen) atoms. The highest BCUT2D eigenvalue weighted by Gasteiger charge is 2.46. The van der Waals surface area contributed by atoms with Gasteiger partial charge in [-0.05, 0) is 28.4 Å². The zero-order valence-electron chi connectivity index (χ0n) is 16.9. The molecule has 2 aromatic carbocycles. The zero-order chi connectivity index (χ0) is 18.6. The number of nitrogens with zero attached hydrogens (tertiary/aromatic N) is 1. The molecule has 0 saturated heterocycles. The van der Waals surface area contributed by atoms with Gasteiger partial charge in [0.1, 0.15) is 11.5 Å². The van der Waals surface area contributed by atoms with Gasteiger partial charge in [0, 0.05) is 0 Å². The summed E-state index contributed by atoms with van der Waals surface area (Å²) >= 11 is 0. The number of hydrogen-bond donors (Lipinski definition) is 0. The Morgan fingerprint density at radius 1 is 0.800 bits per heavy atom. The predicted octanol–water partition coefficient (Wildman–Crippen LogP) is 6.48. The highest BCUT2D eigenvalue weighted by Crippen LogP contribution is 2.53. The minimum absolute atomic E-state index is 0.240. The van der Waals surface area contributed by atoms with Crippen LogP contribution in [0.4, 0.5) is 11.4 Å². The van der Waals surface area contributed by atoms with Crippen LogP contribution in [0.25, 0.3) is 0 Å². The van der Waals surface area contributed by atoms with Crippen molar-refractivity contribution < 1.29 is 4.74 Å². The quantitative estimate of drug-likeness (QED) is 0.562. The van der Waals surface area contributed by atoms with Gasteiger partial charge in [0.15, 0.2) is 8.24 Å². The van der Waals surface area contributed by atoms with Crippen molar-refractivity contribution in [2.75, 3.05) is 4.57 Å². The van der Waals surface area contributed by atoms with E-state index in [-0.39, 0.29) is 5.04 Å². The molecule has 0 aromatic heterocycles. The van der Waals surface area contributed by atoms with E-state index in [1.807, 2.05) is 0 Å². The molecule has 4 heteroatoms. The van der Waals surface area contributed by atoms with E-state index in [4.69, 9.17) is 4.74 Å². The van der Waals surface area contributed by atoms with Crippen molar-refractivity contribution in [2.45, 2.75) is 58.5 Å². The fourth-order valence-corrected chi connectivity index (χ4v) is 7.00. The van der Waals surface area contributed by atoms with E-state index in [2.05, 4.69) is 101 Å². The lowest BCUT2D eigenvalue weighted by molar-refractivity contribution is 0.480. The van der Waals surface area contributed by atoms with Gasteiger partial charge in [-0.25, -0.2) is 0 Å². The third-order valence-corrected chi connectivity index (χ3v) is 13.0. The average molecular weight is 370 g/mol. The van der Waals surface area contributed by atoms with Crippen molar-refractivity contribution in [1.29, 1.82) is 0 Å². The highest BCUT2D eigenvalue weighted by molar-refractivity contribution is 6.90. The summed E-state index contributed by atoms with van der Waals surface area (Å²) in [5.74, 6) is 2.08. The smallest absolute Gasteiger partial charge is 0.162 e. The Hall–Kier alpha value is -1.53. The largest absolute Gasteiger partial charge is 0.453 e. The van der Waals surface area contributed by atoms with Crippen molar-refractivity contribution in [2.24, 2.45) is 0 Å². The second kappa shape index (κ2) is 5.74. The molecule has 0 aliphatic carbocycles. The lowest BCUT2D eigenvalue weighted by Crippen LogP contribution is -2.54. The molecule has 0 amide bonds. The van der Waals surface area contributed by atoms with Crippen LogP contribution in [-0.4, -0.2) is 16.3 Å². The summed E-state index contributed by atoms with van der Waals surface area (Å²) in [4.78, 5) is 0. The maximum absolute atomic E-state index is 6.49. The van der Waals surface area contributed by atoms with Crippen molar-refractivity contribution in [3.8, 4) is 11.5 Å². The minimum atomic E-state index is -1.82. The fraction of sp³-hybridized carbons (Fsp3) is 0.429. The number of hydrogen-bond acceptors (Lipinski definition) is 2. The van der Waals surface area contributed by atoms with Crippen molar-refractivity contribution in [3.63, 3.8) is 0 Å². The van der Waals surface area contributed by atoms with Crippen LogP contribution in [0.15, 0.2) is 42.5 Å². The first-order valence-corrected chi connectivity index (χ1v) is 15.6. The van der Waals surface area contributed by atoms with Gasteiger partial charge >= 0.3 is 0 Å². The van der Waals surface area contributed by atoms with Crippen LogP contribution in [0.3, 0.4) is 0 Å². The average Bonchev–Trinajstić information content (AvgIpc) is 2.49. The molecular formula is C21H31NOSi2. The van der Waals surface area contributed by atoms with Crippen molar-refractivity contribution in [3.05, 3.63) is 42.5 Å². The molecule has 1 aliphatic rings. The van der Waals surface area contributed by atoms with Gasteiger partial charge in [0.2, 0.25) is 0 Å². The van der Waals surface area contributed by atoms with Crippen molar-refractivity contribution in [1.82, 2.24) is 0 Å². The highest BCUT2D eigenvalue weighted by atomic mass is 28.3. The normalized spacial score (nSPS) is 14.6. The fourth-order valence-electron chi connectivity index (χ4n) is 3.30. The Morgan fingerprint density at radius 2 is 1.40 bits per heavy atom. The first kappa shape index (κ1) is 18.3. The van der Waals surface area contributed by atoms with Crippen LogP contribution >= 0.6 is 0 Å². The summed E-state index contributed by atoms with van der Waals surface area (Å²) in [5.41, 5.74) is 2.47. The van der Waals surface area contributed by atoms with E-state index in [0.717, 1.165) is 11.5 Å². The molecule has 3 rings (SSSR count). The molecule has 134 valence electrons. The Kier molecular flexibility index (Phi) is 4.20. The third kappa shape index (κ3) is 2.95. The second-order valence-electron chi connectivity index (χ2n) is 9.62. The lowest BCUT2D eigenvalue weighted by atomic mass is 10.2. The van der Waals surface area contributed by atoms with E-state index >= 15 is 0 Å². The molecule has 0 fully saturated rings.